The third-order valence-electron chi connectivity index (χ3n) is 7.55. The maximum absolute atomic E-state index is 12.1. The second kappa shape index (κ2) is 26.2. The van der Waals surface area contributed by atoms with Crippen LogP contribution in [0.15, 0.2) is 91.0 Å². The summed E-state index contributed by atoms with van der Waals surface area (Å²) in [6.07, 6.45) is 9.00. The largest absolute Gasteiger partial charge is 0.461 e. The predicted octanol–water partition coefficient (Wildman–Crippen LogP) is 10.6. The van der Waals surface area contributed by atoms with Gasteiger partial charge in [-0.25, -0.2) is 0 Å². The van der Waals surface area contributed by atoms with E-state index >= 15 is 0 Å². The summed E-state index contributed by atoms with van der Waals surface area (Å²) in [5.41, 5.74) is 2.96. The van der Waals surface area contributed by atoms with E-state index in [-0.39, 0.29) is 17.9 Å². The molecule has 0 amide bonds. The van der Waals surface area contributed by atoms with Crippen LogP contribution in [0.4, 0.5) is 0 Å². The standard InChI is InChI=1S/C39H51O7PS3/c40-37(43-31-34-19-7-1-8-20-34)25-13-4-16-28-46-47(48,49-29-17-5-14-26-38(41)44-32-35-21-9-2-10-22-35)50-30-18-6-15-27-39(42)45-33-36-23-11-3-12-24-36/h1-3,7-12,19-24H,4-6,13-18,25-33H2. The van der Waals surface area contributed by atoms with Gasteiger partial charge < -0.3 is 18.7 Å². The lowest BCUT2D eigenvalue weighted by Crippen LogP contribution is -2.04. The number of esters is 3. The van der Waals surface area contributed by atoms with Crippen molar-refractivity contribution < 1.29 is 33.1 Å². The SMILES string of the molecule is O=C(CCCCCOP(=S)(SCCCCCC(=O)OCc1ccccc1)SCCCCCC(=O)OCc1ccccc1)OCc1ccccc1. The minimum absolute atomic E-state index is 0.167. The molecular formula is C39H51O7PS3. The zero-order valence-electron chi connectivity index (χ0n) is 28.9. The molecule has 0 aliphatic carbocycles. The molecule has 0 aliphatic heterocycles. The fourth-order valence-corrected chi connectivity index (χ4v) is 13.2. The second-order valence-corrected chi connectivity index (χ2v) is 22.6. The molecule has 0 fully saturated rings. The molecule has 0 atom stereocenters. The van der Waals surface area contributed by atoms with Gasteiger partial charge in [-0.1, -0.05) is 133 Å². The van der Waals surface area contributed by atoms with Gasteiger partial charge in [0.25, 0.3) is 0 Å². The van der Waals surface area contributed by atoms with Crippen molar-refractivity contribution in [3.8, 4) is 0 Å². The number of carbonyl (C=O) groups is 3. The molecule has 3 aromatic carbocycles. The first-order valence-corrected chi connectivity index (χ1v) is 23.4. The molecule has 0 aliphatic rings. The highest BCUT2D eigenvalue weighted by Gasteiger charge is 2.19. The Morgan fingerprint density at radius 1 is 0.480 bits per heavy atom. The van der Waals surface area contributed by atoms with Crippen molar-refractivity contribution in [2.75, 3.05) is 18.1 Å². The van der Waals surface area contributed by atoms with E-state index in [1.807, 2.05) is 91.0 Å². The highest BCUT2D eigenvalue weighted by molar-refractivity contribution is 8.99. The Labute approximate surface area is 311 Å². The van der Waals surface area contributed by atoms with Crippen molar-refractivity contribution in [3.63, 3.8) is 0 Å². The van der Waals surface area contributed by atoms with Crippen molar-refractivity contribution in [2.45, 2.75) is 96.9 Å². The Morgan fingerprint density at radius 3 is 1.18 bits per heavy atom. The van der Waals surface area contributed by atoms with E-state index in [9.17, 15) is 14.4 Å². The first-order valence-electron chi connectivity index (χ1n) is 17.5. The Morgan fingerprint density at radius 2 is 0.820 bits per heavy atom. The molecule has 0 unspecified atom stereocenters. The van der Waals surface area contributed by atoms with Gasteiger partial charge in [0.15, 0.2) is 4.67 Å². The summed E-state index contributed by atoms with van der Waals surface area (Å²) in [5, 5.41) is 0. The molecule has 3 aromatic rings. The molecule has 0 N–H and O–H groups in total. The summed E-state index contributed by atoms with van der Waals surface area (Å²) in [6, 6.07) is 29.1. The zero-order valence-corrected chi connectivity index (χ0v) is 32.3. The summed E-state index contributed by atoms with van der Waals surface area (Å²) in [6.45, 7) is 1.49. The average Bonchev–Trinajstić information content (AvgIpc) is 3.14. The molecule has 0 aromatic heterocycles. The van der Waals surface area contributed by atoms with Crippen LogP contribution in [0.25, 0.3) is 0 Å². The van der Waals surface area contributed by atoms with Crippen molar-refractivity contribution in [3.05, 3.63) is 108 Å². The first kappa shape index (κ1) is 41.8. The minimum atomic E-state index is -2.16. The third kappa shape index (κ3) is 20.3. The molecule has 7 nitrogen and oxygen atoms in total. The molecule has 11 heteroatoms. The number of ether oxygens (including phenoxy) is 3. The number of hydrogen-bond donors (Lipinski definition) is 0. The third-order valence-corrected chi connectivity index (χ3v) is 17.4. The number of carbonyl (C=O) groups excluding carboxylic acids is 3. The van der Waals surface area contributed by atoms with E-state index in [0.29, 0.717) is 45.7 Å². The lowest BCUT2D eigenvalue weighted by Gasteiger charge is -2.21. The van der Waals surface area contributed by atoms with Crippen LogP contribution in [0.5, 0.6) is 0 Å². The summed E-state index contributed by atoms with van der Waals surface area (Å²) in [5.74, 6) is 1.24. The van der Waals surface area contributed by atoms with Crippen molar-refractivity contribution in [2.24, 2.45) is 0 Å². The van der Waals surface area contributed by atoms with Gasteiger partial charge in [-0.2, -0.15) is 0 Å². The lowest BCUT2D eigenvalue weighted by atomic mass is 10.2. The number of hydrogen-bond acceptors (Lipinski definition) is 10. The molecule has 50 heavy (non-hydrogen) atoms. The molecule has 0 bridgehead atoms. The van der Waals surface area contributed by atoms with Crippen LogP contribution < -0.4 is 0 Å². The molecule has 0 radical (unpaired) electrons. The van der Waals surface area contributed by atoms with Crippen LogP contribution in [0.1, 0.15) is 93.7 Å². The molecule has 0 heterocycles. The maximum Gasteiger partial charge on any atom is 0.306 e. The highest BCUT2D eigenvalue weighted by atomic mass is 33.2. The van der Waals surface area contributed by atoms with Crippen LogP contribution in [0, 0.1) is 0 Å². The van der Waals surface area contributed by atoms with Crippen LogP contribution in [0.2, 0.25) is 0 Å². The normalized spacial score (nSPS) is 11.2. The smallest absolute Gasteiger partial charge is 0.306 e. The van der Waals surface area contributed by atoms with E-state index in [2.05, 4.69) is 0 Å². The maximum atomic E-state index is 12.1. The Kier molecular flexibility index (Phi) is 21.9. The highest BCUT2D eigenvalue weighted by Crippen LogP contribution is 2.70. The minimum Gasteiger partial charge on any atom is -0.461 e. The second-order valence-electron chi connectivity index (χ2n) is 11.8. The predicted molar refractivity (Wildman–Crippen MR) is 209 cm³/mol. The summed E-state index contributed by atoms with van der Waals surface area (Å²) < 4.78 is 20.4. The Balaban J connectivity index is 1.30. The fraction of sp³-hybridized carbons (Fsp3) is 0.462. The monoisotopic (exact) mass is 758 g/mol. The quantitative estimate of drug-likeness (QED) is 0.0324. The van der Waals surface area contributed by atoms with Gasteiger partial charge in [-0.3, -0.25) is 14.4 Å². The molecule has 0 spiro atoms. The van der Waals surface area contributed by atoms with Gasteiger partial charge >= 0.3 is 17.9 Å². The van der Waals surface area contributed by atoms with Gasteiger partial charge in [-0.05, 0) is 67.0 Å². The Bertz CT molecular complexity index is 1240. The average molecular weight is 759 g/mol. The van der Waals surface area contributed by atoms with Crippen LogP contribution >= 0.6 is 27.4 Å². The van der Waals surface area contributed by atoms with Gasteiger partial charge in [0, 0.05) is 30.8 Å². The fourth-order valence-electron chi connectivity index (χ4n) is 4.72. The molecule has 272 valence electrons. The van der Waals surface area contributed by atoms with Crippen LogP contribution in [-0.4, -0.2) is 36.0 Å². The van der Waals surface area contributed by atoms with E-state index in [0.717, 1.165) is 86.0 Å². The van der Waals surface area contributed by atoms with Gasteiger partial charge in [0.05, 0.1) is 6.61 Å². The number of rotatable bonds is 27. The first-order chi connectivity index (χ1) is 24.4. The lowest BCUT2D eigenvalue weighted by molar-refractivity contribution is -0.146. The molecule has 0 saturated heterocycles. The molecule has 3 rings (SSSR count). The van der Waals surface area contributed by atoms with Crippen molar-refractivity contribution in [1.82, 2.24) is 0 Å². The topological polar surface area (TPSA) is 88.1 Å². The van der Waals surface area contributed by atoms with E-state index < -0.39 is 4.67 Å². The zero-order chi connectivity index (χ0) is 35.5. The van der Waals surface area contributed by atoms with Gasteiger partial charge in [0.1, 0.15) is 19.8 Å². The molecule has 0 saturated carbocycles. The van der Waals surface area contributed by atoms with Crippen molar-refractivity contribution in [1.29, 1.82) is 0 Å². The van der Waals surface area contributed by atoms with Crippen molar-refractivity contribution >= 4 is 57.1 Å². The Hall–Kier alpha value is -2.62. The van der Waals surface area contributed by atoms with E-state index in [4.69, 9.17) is 30.5 Å². The summed E-state index contributed by atoms with van der Waals surface area (Å²) >= 11 is 9.57. The number of benzene rings is 3. The summed E-state index contributed by atoms with van der Waals surface area (Å²) in [7, 11) is 0. The van der Waals surface area contributed by atoms with Gasteiger partial charge in [-0.15, -0.1) is 0 Å². The summed E-state index contributed by atoms with van der Waals surface area (Å²) in [4.78, 5) is 36.4. The van der Waals surface area contributed by atoms with E-state index in [1.54, 1.807) is 22.8 Å². The van der Waals surface area contributed by atoms with Gasteiger partial charge in [0.2, 0.25) is 0 Å². The van der Waals surface area contributed by atoms with E-state index in [1.165, 1.54) is 0 Å². The van der Waals surface area contributed by atoms with Crippen LogP contribution in [-0.2, 0) is 64.7 Å². The van der Waals surface area contributed by atoms with Crippen LogP contribution in [0.3, 0.4) is 0 Å². The molecular weight excluding hydrogens is 708 g/mol. The number of unbranched alkanes of at least 4 members (excludes halogenated alkanes) is 6.